The van der Waals surface area contributed by atoms with Gasteiger partial charge in [-0.3, -0.25) is 0 Å². The van der Waals surface area contributed by atoms with Gasteiger partial charge < -0.3 is 9.47 Å². The van der Waals surface area contributed by atoms with Gasteiger partial charge in [0.2, 0.25) is 0 Å². The summed E-state index contributed by atoms with van der Waals surface area (Å²) in [4.78, 5) is 0. The van der Waals surface area contributed by atoms with Crippen molar-refractivity contribution in [1.29, 1.82) is 0 Å². The summed E-state index contributed by atoms with van der Waals surface area (Å²) in [6.45, 7) is 0. The standard InChI is InChI=1S/C7H9F3O2/c1-11-6-4-2-3-5(12-6)7(8,9)10/h2,4-6H,3H2,1H3. The van der Waals surface area contributed by atoms with Gasteiger partial charge in [-0.2, -0.15) is 13.2 Å². The molecule has 0 aliphatic carbocycles. The Morgan fingerprint density at radius 2 is 2.17 bits per heavy atom. The second-order valence-corrected chi connectivity index (χ2v) is 2.43. The molecule has 2 atom stereocenters. The van der Waals surface area contributed by atoms with E-state index in [1.165, 1.54) is 19.3 Å². The SMILES string of the molecule is COC1C=CCC(C(F)(F)F)O1. The highest BCUT2D eigenvalue weighted by atomic mass is 19.4. The van der Waals surface area contributed by atoms with Crippen LogP contribution in [0.5, 0.6) is 0 Å². The van der Waals surface area contributed by atoms with Crippen LogP contribution in [0.15, 0.2) is 12.2 Å². The lowest BCUT2D eigenvalue weighted by Gasteiger charge is -2.26. The molecule has 5 heteroatoms. The van der Waals surface area contributed by atoms with Crippen LogP contribution in [0.3, 0.4) is 0 Å². The molecule has 1 rings (SSSR count). The van der Waals surface area contributed by atoms with E-state index >= 15 is 0 Å². The molecule has 0 radical (unpaired) electrons. The molecule has 1 aliphatic heterocycles. The molecule has 0 saturated heterocycles. The summed E-state index contributed by atoms with van der Waals surface area (Å²) in [5, 5.41) is 0. The molecule has 0 spiro atoms. The number of rotatable bonds is 1. The third-order valence-corrected chi connectivity index (χ3v) is 1.54. The van der Waals surface area contributed by atoms with Gasteiger partial charge in [-0.15, -0.1) is 0 Å². The van der Waals surface area contributed by atoms with Gasteiger partial charge >= 0.3 is 6.18 Å². The van der Waals surface area contributed by atoms with E-state index in [-0.39, 0.29) is 6.42 Å². The summed E-state index contributed by atoms with van der Waals surface area (Å²) in [5.41, 5.74) is 0. The first-order chi connectivity index (χ1) is 5.54. The van der Waals surface area contributed by atoms with Crippen LogP contribution < -0.4 is 0 Å². The van der Waals surface area contributed by atoms with E-state index in [4.69, 9.17) is 0 Å². The van der Waals surface area contributed by atoms with Gasteiger partial charge in [0.25, 0.3) is 0 Å². The Balaban J connectivity index is 2.56. The smallest absolute Gasteiger partial charge is 0.352 e. The lowest BCUT2D eigenvalue weighted by molar-refractivity contribution is -0.259. The predicted molar refractivity (Wildman–Crippen MR) is 35.5 cm³/mol. The molecule has 12 heavy (non-hydrogen) atoms. The molecule has 0 aromatic rings. The van der Waals surface area contributed by atoms with Crippen LogP contribution in [-0.2, 0) is 9.47 Å². The lowest BCUT2D eigenvalue weighted by atomic mass is 10.2. The van der Waals surface area contributed by atoms with Crippen molar-refractivity contribution in [1.82, 2.24) is 0 Å². The fourth-order valence-corrected chi connectivity index (χ4v) is 0.921. The van der Waals surface area contributed by atoms with Gasteiger partial charge in [0.15, 0.2) is 12.4 Å². The molecule has 1 aliphatic rings. The Kier molecular flexibility index (Phi) is 2.74. The third-order valence-electron chi connectivity index (χ3n) is 1.54. The van der Waals surface area contributed by atoms with Crippen LogP contribution in [0.2, 0.25) is 0 Å². The quantitative estimate of drug-likeness (QED) is 0.576. The van der Waals surface area contributed by atoms with E-state index in [0.717, 1.165) is 0 Å². The second kappa shape index (κ2) is 3.45. The summed E-state index contributed by atoms with van der Waals surface area (Å²) < 4.78 is 45.3. The summed E-state index contributed by atoms with van der Waals surface area (Å²) in [5.74, 6) is 0. The number of halogens is 3. The van der Waals surface area contributed by atoms with E-state index in [1.54, 1.807) is 0 Å². The number of hydrogen-bond acceptors (Lipinski definition) is 2. The summed E-state index contributed by atoms with van der Waals surface area (Å²) in [6.07, 6.45) is -4.17. The van der Waals surface area contributed by atoms with Crippen LogP contribution >= 0.6 is 0 Å². The van der Waals surface area contributed by atoms with Crippen molar-refractivity contribution in [3.05, 3.63) is 12.2 Å². The number of hydrogen-bond donors (Lipinski definition) is 0. The van der Waals surface area contributed by atoms with E-state index in [1.807, 2.05) is 0 Å². The van der Waals surface area contributed by atoms with Crippen molar-refractivity contribution in [3.63, 3.8) is 0 Å². The minimum Gasteiger partial charge on any atom is -0.352 e. The normalized spacial score (nSPS) is 30.7. The van der Waals surface area contributed by atoms with E-state index in [0.29, 0.717) is 0 Å². The number of ether oxygens (including phenoxy) is 2. The Bertz CT molecular complexity index is 176. The zero-order valence-electron chi connectivity index (χ0n) is 6.47. The van der Waals surface area contributed by atoms with Gasteiger partial charge in [-0.05, 0) is 6.08 Å². The first-order valence-corrected chi connectivity index (χ1v) is 3.45. The maximum atomic E-state index is 12.0. The van der Waals surface area contributed by atoms with Crippen LogP contribution in [-0.4, -0.2) is 25.7 Å². The average Bonchev–Trinajstić information content (AvgIpc) is 2.03. The van der Waals surface area contributed by atoms with Gasteiger partial charge in [-0.25, -0.2) is 0 Å². The van der Waals surface area contributed by atoms with Gasteiger partial charge in [0.05, 0.1) is 0 Å². The monoisotopic (exact) mass is 182 g/mol. The molecule has 0 bridgehead atoms. The van der Waals surface area contributed by atoms with Gasteiger partial charge in [0, 0.05) is 13.5 Å². The summed E-state index contributed by atoms with van der Waals surface area (Å²) in [7, 11) is 1.30. The van der Waals surface area contributed by atoms with Crippen molar-refractivity contribution in [2.24, 2.45) is 0 Å². The molecule has 2 nitrogen and oxygen atoms in total. The third kappa shape index (κ3) is 2.22. The van der Waals surface area contributed by atoms with Gasteiger partial charge in [-0.1, -0.05) is 6.08 Å². The predicted octanol–water partition coefficient (Wildman–Crippen LogP) is 1.87. The fourth-order valence-electron chi connectivity index (χ4n) is 0.921. The fraction of sp³-hybridized carbons (Fsp3) is 0.714. The molecule has 0 amide bonds. The Hall–Kier alpha value is -0.550. The first kappa shape index (κ1) is 9.54. The molecule has 2 unspecified atom stereocenters. The van der Waals surface area contributed by atoms with Crippen molar-refractivity contribution in [3.8, 4) is 0 Å². The van der Waals surface area contributed by atoms with Crippen LogP contribution in [0.25, 0.3) is 0 Å². The summed E-state index contributed by atoms with van der Waals surface area (Å²) in [6, 6.07) is 0. The molecular weight excluding hydrogens is 173 g/mol. The van der Waals surface area contributed by atoms with Crippen molar-refractivity contribution < 1.29 is 22.6 Å². The first-order valence-electron chi connectivity index (χ1n) is 3.45. The van der Waals surface area contributed by atoms with E-state index in [2.05, 4.69) is 9.47 Å². The minimum atomic E-state index is -4.30. The van der Waals surface area contributed by atoms with Crippen LogP contribution in [0, 0.1) is 0 Å². The Labute approximate surface area is 68.0 Å². The van der Waals surface area contributed by atoms with E-state index in [9.17, 15) is 13.2 Å². The molecule has 0 saturated carbocycles. The minimum absolute atomic E-state index is 0.136. The highest BCUT2D eigenvalue weighted by Gasteiger charge is 2.42. The molecule has 70 valence electrons. The molecular formula is C7H9F3O2. The zero-order valence-corrected chi connectivity index (χ0v) is 6.47. The topological polar surface area (TPSA) is 18.5 Å². The Morgan fingerprint density at radius 3 is 2.67 bits per heavy atom. The highest BCUT2D eigenvalue weighted by molar-refractivity contribution is 4.94. The molecule has 0 aromatic carbocycles. The second-order valence-electron chi connectivity index (χ2n) is 2.43. The summed E-state index contributed by atoms with van der Waals surface area (Å²) >= 11 is 0. The van der Waals surface area contributed by atoms with Crippen molar-refractivity contribution in [2.45, 2.75) is 25.0 Å². The highest BCUT2D eigenvalue weighted by Crippen LogP contribution is 2.29. The molecule has 1 heterocycles. The van der Waals surface area contributed by atoms with E-state index < -0.39 is 18.6 Å². The lowest BCUT2D eigenvalue weighted by Crippen LogP contribution is -2.37. The number of alkyl halides is 3. The maximum absolute atomic E-state index is 12.0. The maximum Gasteiger partial charge on any atom is 0.415 e. The van der Waals surface area contributed by atoms with Crippen LogP contribution in [0.1, 0.15) is 6.42 Å². The molecule has 0 N–H and O–H groups in total. The van der Waals surface area contributed by atoms with Gasteiger partial charge in [0.1, 0.15) is 0 Å². The van der Waals surface area contributed by atoms with Crippen molar-refractivity contribution >= 4 is 0 Å². The molecule has 0 fully saturated rings. The largest absolute Gasteiger partial charge is 0.415 e. The zero-order chi connectivity index (χ0) is 9.19. The Morgan fingerprint density at radius 1 is 1.50 bits per heavy atom. The number of methoxy groups -OCH3 is 1. The molecule has 0 aromatic heterocycles. The average molecular weight is 182 g/mol. The van der Waals surface area contributed by atoms with Crippen molar-refractivity contribution in [2.75, 3.05) is 7.11 Å². The van der Waals surface area contributed by atoms with Crippen LogP contribution in [0.4, 0.5) is 13.2 Å².